The van der Waals surface area contributed by atoms with E-state index in [1.807, 2.05) is 0 Å². The van der Waals surface area contributed by atoms with Gasteiger partial charge in [0.15, 0.2) is 5.78 Å². The van der Waals surface area contributed by atoms with Crippen molar-refractivity contribution in [3.8, 4) is 5.88 Å². The van der Waals surface area contributed by atoms with Gasteiger partial charge >= 0.3 is 0 Å². The van der Waals surface area contributed by atoms with Gasteiger partial charge in [0.05, 0.1) is 0 Å². The number of fused-ring (bicyclic) bond motifs is 1. The fourth-order valence-electron chi connectivity index (χ4n) is 1.36. The topological polar surface area (TPSA) is 50.2 Å². The summed E-state index contributed by atoms with van der Waals surface area (Å²) in [5.74, 6) is 0.117. The Hall–Kier alpha value is -1.38. The average Bonchev–Trinajstić information content (AvgIpc) is 2.35. The molecule has 0 spiro atoms. The molecule has 11 heavy (non-hydrogen) atoms. The van der Waals surface area contributed by atoms with Crippen molar-refractivity contribution in [2.75, 3.05) is 0 Å². The maximum Gasteiger partial charge on any atom is 0.214 e. The molecular weight excluding hydrogens is 142 g/mol. The van der Waals surface area contributed by atoms with E-state index in [1.165, 1.54) is 6.20 Å². The van der Waals surface area contributed by atoms with Crippen LogP contribution < -0.4 is 0 Å². The Balaban J connectivity index is 2.66. The van der Waals surface area contributed by atoms with Crippen LogP contribution in [0.3, 0.4) is 0 Å². The van der Waals surface area contributed by atoms with Gasteiger partial charge in [-0.15, -0.1) is 0 Å². The quantitative estimate of drug-likeness (QED) is 0.596. The molecule has 1 aliphatic carbocycles. The molecule has 0 radical (unpaired) electrons. The molecule has 3 heteroatoms. The Morgan fingerprint density at radius 1 is 1.45 bits per heavy atom. The summed E-state index contributed by atoms with van der Waals surface area (Å²) in [5.41, 5.74) is 1.34. The van der Waals surface area contributed by atoms with Crippen LogP contribution in [-0.2, 0) is 6.42 Å². The van der Waals surface area contributed by atoms with Gasteiger partial charge in [-0.1, -0.05) is 0 Å². The van der Waals surface area contributed by atoms with Crippen molar-refractivity contribution in [2.45, 2.75) is 12.8 Å². The molecule has 1 aromatic rings. The van der Waals surface area contributed by atoms with E-state index in [0.717, 1.165) is 0 Å². The van der Waals surface area contributed by atoms with Crippen LogP contribution in [0, 0.1) is 0 Å². The Morgan fingerprint density at radius 3 is 3.00 bits per heavy atom. The van der Waals surface area contributed by atoms with Crippen LogP contribution in [0.15, 0.2) is 12.3 Å². The van der Waals surface area contributed by atoms with Crippen LogP contribution >= 0.6 is 0 Å². The molecule has 0 amide bonds. The van der Waals surface area contributed by atoms with Gasteiger partial charge in [-0.2, -0.15) is 0 Å². The van der Waals surface area contributed by atoms with Gasteiger partial charge in [0, 0.05) is 23.7 Å². The summed E-state index contributed by atoms with van der Waals surface area (Å²) in [5, 5.41) is 9.19. The lowest BCUT2D eigenvalue weighted by Gasteiger charge is -1.96. The predicted molar refractivity (Wildman–Crippen MR) is 38.6 cm³/mol. The number of hydrogen-bond acceptors (Lipinski definition) is 3. The number of carbonyl (C=O) groups is 1. The van der Waals surface area contributed by atoms with Crippen molar-refractivity contribution in [1.29, 1.82) is 0 Å². The van der Waals surface area contributed by atoms with Crippen molar-refractivity contribution >= 4 is 5.78 Å². The standard InChI is InChI=1S/C8H7NO2/c10-7-2-1-6-5(7)3-4-9-8(6)11/h3-4H,1-2H2,(H,9,11). The maximum absolute atomic E-state index is 11.1. The zero-order valence-corrected chi connectivity index (χ0v) is 5.87. The van der Waals surface area contributed by atoms with E-state index in [1.54, 1.807) is 6.07 Å². The molecule has 0 aromatic carbocycles. The number of Topliss-reactive ketones (excluding diaryl/α,β-unsaturated/α-hetero) is 1. The number of nitrogens with zero attached hydrogens (tertiary/aromatic N) is 1. The summed E-state index contributed by atoms with van der Waals surface area (Å²) in [6.45, 7) is 0. The molecule has 0 saturated carbocycles. The van der Waals surface area contributed by atoms with E-state index in [0.29, 0.717) is 24.0 Å². The number of pyridine rings is 1. The molecule has 0 aliphatic heterocycles. The molecule has 1 aromatic heterocycles. The molecule has 3 nitrogen and oxygen atoms in total. The Morgan fingerprint density at radius 2 is 2.27 bits per heavy atom. The minimum Gasteiger partial charge on any atom is -0.493 e. The molecule has 0 saturated heterocycles. The fourth-order valence-corrected chi connectivity index (χ4v) is 1.36. The van der Waals surface area contributed by atoms with Gasteiger partial charge in [-0.05, 0) is 12.5 Å². The molecule has 1 N–H and O–H groups in total. The van der Waals surface area contributed by atoms with Gasteiger partial charge in [-0.25, -0.2) is 4.98 Å². The summed E-state index contributed by atoms with van der Waals surface area (Å²) in [4.78, 5) is 14.8. The fraction of sp³-hybridized carbons (Fsp3) is 0.250. The van der Waals surface area contributed by atoms with Crippen LogP contribution in [0.2, 0.25) is 0 Å². The second kappa shape index (κ2) is 2.05. The second-order valence-electron chi connectivity index (χ2n) is 2.58. The molecule has 0 unspecified atom stereocenters. The molecule has 0 atom stereocenters. The van der Waals surface area contributed by atoms with E-state index in [9.17, 15) is 9.90 Å². The zero-order valence-electron chi connectivity index (χ0n) is 5.87. The number of hydrogen-bond donors (Lipinski definition) is 1. The van der Waals surface area contributed by atoms with Crippen molar-refractivity contribution < 1.29 is 9.90 Å². The predicted octanol–water partition coefficient (Wildman–Crippen LogP) is 0.916. The smallest absolute Gasteiger partial charge is 0.214 e. The monoisotopic (exact) mass is 149 g/mol. The zero-order chi connectivity index (χ0) is 7.84. The SMILES string of the molecule is O=C1CCc2c1ccnc2O. The molecule has 1 heterocycles. The van der Waals surface area contributed by atoms with Gasteiger partial charge in [-0.3, -0.25) is 4.79 Å². The third kappa shape index (κ3) is 0.808. The van der Waals surface area contributed by atoms with Crippen LogP contribution in [0.1, 0.15) is 22.3 Å². The van der Waals surface area contributed by atoms with Gasteiger partial charge in [0.1, 0.15) is 0 Å². The van der Waals surface area contributed by atoms with Crippen LogP contribution in [0.25, 0.3) is 0 Å². The molecule has 0 bridgehead atoms. The largest absolute Gasteiger partial charge is 0.493 e. The summed E-state index contributed by atoms with van der Waals surface area (Å²) in [6.07, 6.45) is 2.60. The highest BCUT2D eigenvalue weighted by molar-refractivity contribution is 6.00. The average molecular weight is 149 g/mol. The summed E-state index contributed by atoms with van der Waals surface area (Å²) >= 11 is 0. The molecule has 2 rings (SSSR count). The van der Waals surface area contributed by atoms with E-state index in [4.69, 9.17) is 0 Å². The third-order valence-electron chi connectivity index (χ3n) is 1.94. The normalized spacial score (nSPS) is 15.1. The third-order valence-corrected chi connectivity index (χ3v) is 1.94. The highest BCUT2D eigenvalue weighted by Gasteiger charge is 2.22. The first-order chi connectivity index (χ1) is 5.29. The van der Waals surface area contributed by atoms with Crippen molar-refractivity contribution in [3.05, 3.63) is 23.4 Å². The highest BCUT2D eigenvalue weighted by atomic mass is 16.3. The first-order valence-corrected chi connectivity index (χ1v) is 3.49. The second-order valence-corrected chi connectivity index (χ2v) is 2.58. The van der Waals surface area contributed by atoms with Crippen molar-refractivity contribution in [1.82, 2.24) is 4.98 Å². The van der Waals surface area contributed by atoms with Crippen molar-refractivity contribution in [3.63, 3.8) is 0 Å². The first kappa shape index (κ1) is 6.34. The van der Waals surface area contributed by atoms with Crippen LogP contribution in [0.5, 0.6) is 5.88 Å². The molecule has 1 aliphatic rings. The van der Waals surface area contributed by atoms with Crippen molar-refractivity contribution in [2.24, 2.45) is 0 Å². The summed E-state index contributed by atoms with van der Waals surface area (Å²) < 4.78 is 0. The highest BCUT2D eigenvalue weighted by Crippen LogP contribution is 2.26. The number of aromatic hydroxyl groups is 1. The van der Waals surface area contributed by atoms with E-state index < -0.39 is 0 Å². The first-order valence-electron chi connectivity index (χ1n) is 3.49. The molecular formula is C8H7NO2. The van der Waals surface area contributed by atoms with E-state index in [2.05, 4.69) is 4.98 Å². The number of carbonyl (C=O) groups excluding carboxylic acids is 1. The Kier molecular flexibility index (Phi) is 1.18. The molecule has 56 valence electrons. The number of rotatable bonds is 0. The minimum absolute atomic E-state index is 0.00773. The van der Waals surface area contributed by atoms with Gasteiger partial charge in [0.2, 0.25) is 5.88 Å². The van der Waals surface area contributed by atoms with Gasteiger partial charge < -0.3 is 5.11 Å². The number of aromatic nitrogens is 1. The molecule has 0 fully saturated rings. The van der Waals surface area contributed by atoms with E-state index >= 15 is 0 Å². The van der Waals surface area contributed by atoms with Gasteiger partial charge in [0.25, 0.3) is 0 Å². The summed E-state index contributed by atoms with van der Waals surface area (Å²) in [6, 6.07) is 1.66. The maximum atomic E-state index is 11.1. The lowest BCUT2D eigenvalue weighted by molar-refractivity contribution is 0.0994. The Labute approximate surface area is 63.7 Å². The van der Waals surface area contributed by atoms with E-state index in [-0.39, 0.29) is 11.7 Å². The lowest BCUT2D eigenvalue weighted by Crippen LogP contribution is -1.91. The van der Waals surface area contributed by atoms with Crippen LogP contribution in [0.4, 0.5) is 0 Å². The van der Waals surface area contributed by atoms with Crippen LogP contribution in [-0.4, -0.2) is 15.9 Å². The lowest BCUT2D eigenvalue weighted by atomic mass is 10.2. The summed E-state index contributed by atoms with van der Waals surface area (Å²) in [7, 11) is 0. The Bertz CT molecular complexity index is 320. The number of ketones is 1. The minimum atomic E-state index is 0.00773.